The van der Waals surface area contributed by atoms with E-state index in [1.54, 1.807) is 6.07 Å². The quantitative estimate of drug-likeness (QED) is 0.825. The number of carboxylic acid groups (broad SMARTS) is 1. The molecule has 1 aromatic carbocycles. The van der Waals surface area contributed by atoms with Gasteiger partial charge in [-0.25, -0.2) is 9.48 Å². The highest BCUT2D eigenvalue weighted by molar-refractivity contribution is 5.95. The summed E-state index contributed by atoms with van der Waals surface area (Å²) in [6, 6.07) is 7.43. The number of carbonyl (C=O) groups is 2. The minimum Gasteiger partial charge on any atom is -0.476 e. The molecule has 2 aromatic rings. The first-order valence-corrected chi connectivity index (χ1v) is 6.61. The van der Waals surface area contributed by atoms with Gasteiger partial charge < -0.3 is 10.4 Å². The number of nitrogens with one attached hydrogen (secondary N) is 1. The summed E-state index contributed by atoms with van der Waals surface area (Å²) in [6.45, 7) is 2.70. The number of aryl methyl sites for hydroxylation is 1. The molecule has 0 bridgehead atoms. The molecule has 110 valence electrons. The van der Waals surface area contributed by atoms with Crippen molar-refractivity contribution in [3.8, 4) is 0 Å². The number of carbonyl (C=O) groups excluding carboxylic acids is 1. The lowest BCUT2D eigenvalue weighted by atomic mass is 10.0. The van der Waals surface area contributed by atoms with Crippen LogP contribution >= 0.6 is 0 Å². The van der Waals surface area contributed by atoms with Gasteiger partial charge in [-0.1, -0.05) is 30.3 Å². The smallest absolute Gasteiger partial charge is 0.358 e. The van der Waals surface area contributed by atoms with Crippen molar-refractivity contribution in [2.24, 2.45) is 0 Å². The first-order valence-electron chi connectivity index (χ1n) is 6.61. The zero-order valence-electron chi connectivity index (χ0n) is 11.6. The summed E-state index contributed by atoms with van der Waals surface area (Å²) in [5.74, 6) is -1.27. The van der Waals surface area contributed by atoms with E-state index in [1.165, 1.54) is 10.9 Å². The largest absolute Gasteiger partial charge is 0.476 e. The third kappa shape index (κ3) is 3.65. The highest BCUT2D eigenvalue weighted by Crippen LogP contribution is 2.08. The third-order valence-corrected chi connectivity index (χ3v) is 3.03. The monoisotopic (exact) mass is 288 g/mol. The molecule has 0 saturated heterocycles. The average molecular weight is 288 g/mol. The van der Waals surface area contributed by atoms with E-state index >= 15 is 0 Å². The van der Waals surface area contributed by atoms with Crippen LogP contribution < -0.4 is 5.32 Å². The Morgan fingerprint density at radius 3 is 2.76 bits per heavy atom. The van der Waals surface area contributed by atoms with Crippen molar-refractivity contribution >= 4 is 11.9 Å². The van der Waals surface area contributed by atoms with Gasteiger partial charge in [0.15, 0.2) is 5.69 Å². The molecule has 0 spiro atoms. The van der Waals surface area contributed by atoms with Crippen molar-refractivity contribution in [2.45, 2.75) is 19.9 Å². The molecule has 1 amide bonds. The zero-order chi connectivity index (χ0) is 15.2. The number of nitrogens with zero attached hydrogens (tertiary/aromatic N) is 3. The molecule has 2 N–H and O–H groups in total. The van der Waals surface area contributed by atoms with Crippen molar-refractivity contribution in [1.82, 2.24) is 20.3 Å². The molecule has 7 heteroatoms. The predicted octanol–water partition coefficient (Wildman–Crippen LogP) is 0.969. The van der Waals surface area contributed by atoms with Gasteiger partial charge in [0.1, 0.15) is 0 Å². The van der Waals surface area contributed by atoms with E-state index in [1.807, 2.05) is 25.1 Å². The van der Waals surface area contributed by atoms with Gasteiger partial charge in [0.05, 0.1) is 12.7 Å². The van der Waals surface area contributed by atoms with Crippen LogP contribution in [0.2, 0.25) is 0 Å². The summed E-state index contributed by atoms with van der Waals surface area (Å²) >= 11 is 0. The van der Waals surface area contributed by atoms with Crippen LogP contribution in [-0.4, -0.2) is 38.5 Å². The van der Waals surface area contributed by atoms with Crippen molar-refractivity contribution < 1.29 is 14.7 Å². The molecule has 0 aliphatic heterocycles. The molecule has 2 rings (SSSR count). The first kappa shape index (κ1) is 14.7. The summed E-state index contributed by atoms with van der Waals surface area (Å²) in [7, 11) is 0. The Morgan fingerprint density at radius 2 is 2.10 bits per heavy atom. The summed E-state index contributed by atoms with van der Waals surface area (Å²) in [6.07, 6.45) is 2.11. The lowest BCUT2D eigenvalue weighted by Crippen LogP contribution is -2.28. The Morgan fingerprint density at radius 1 is 1.33 bits per heavy atom. The maximum Gasteiger partial charge on any atom is 0.358 e. The highest BCUT2D eigenvalue weighted by Gasteiger charge is 2.10. The van der Waals surface area contributed by atoms with E-state index in [0.717, 1.165) is 12.0 Å². The number of hydrogen-bond acceptors (Lipinski definition) is 4. The van der Waals surface area contributed by atoms with Gasteiger partial charge >= 0.3 is 5.97 Å². The molecule has 21 heavy (non-hydrogen) atoms. The van der Waals surface area contributed by atoms with Crippen LogP contribution in [0.3, 0.4) is 0 Å². The number of rotatable bonds is 6. The SMILES string of the molecule is CCc1ccccc1C(=O)NCCn1cc(C(=O)O)nn1. The summed E-state index contributed by atoms with van der Waals surface area (Å²) < 4.78 is 1.38. The maximum absolute atomic E-state index is 12.1. The fraction of sp³-hybridized carbons (Fsp3) is 0.286. The minimum atomic E-state index is -1.12. The number of benzene rings is 1. The Bertz CT molecular complexity index is 651. The number of aromatic nitrogens is 3. The number of hydrogen-bond donors (Lipinski definition) is 2. The standard InChI is InChI=1S/C14H16N4O3/c1-2-10-5-3-4-6-11(10)13(19)15-7-8-18-9-12(14(20)21)16-17-18/h3-6,9H,2,7-8H2,1H3,(H,15,19)(H,20,21). The van der Waals surface area contributed by atoms with E-state index in [-0.39, 0.29) is 11.6 Å². The molecule has 0 aliphatic rings. The van der Waals surface area contributed by atoms with Crippen LogP contribution in [0.1, 0.15) is 33.3 Å². The van der Waals surface area contributed by atoms with E-state index in [2.05, 4.69) is 15.6 Å². The molecule has 1 heterocycles. The minimum absolute atomic E-state index is 0.113. The maximum atomic E-state index is 12.1. The van der Waals surface area contributed by atoms with Crippen LogP contribution in [-0.2, 0) is 13.0 Å². The lowest BCUT2D eigenvalue weighted by molar-refractivity contribution is 0.0690. The first-order chi connectivity index (χ1) is 10.1. The topological polar surface area (TPSA) is 97.1 Å². The van der Waals surface area contributed by atoms with Crippen molar-refractivity contribution in [2.75, 3.05) is 6.54 Å². The number of amides is 1. The van der Waals surface area contributed by atoms with Crippen LogP contribution in [0.15, 0.2) is 30.5 Å². The Labute approximate surface area is 121 Å². The van der Waals surface area contributed by atoms with E-state index < -0.39 is 5.97 Å². The molecule has 0 fully saturated rings. The Kier molecular flexibility index (Phi) is 4.65. The lowest BCUT2D eigenvalue weighted by Gasteiger charge is -2.08. The second kappa shape index (κ2) is 6.65. The van der Waals surface area contributed by atoms with Crippen LogP contribution in [0.25, 0.3) is 0 Å². The zero-order valence-corrected chi connectivity index (χ0v) is 11.6. The Balaban J connectivity index is 1.90. The number of carboxylic acids is 1. The molecule has 7 nitrogen and oxygen atoms in total. The van der Waals surface area contributed by atoms with Gasteiger partial charge in [-0.3, -0.25) is 4.79 Å². The second-order valence-corrected chi connectivity index (χ2v) is 4.44. The second-order valence-electron chi connectivity index (χ2n) is 4.44. The van der Waals surface area contributed by atoms with Gasteiger partial charge in [-0.2, -0.15) is 0 Å². The van der Waals surface area contributed by atoms with E-state index in [0.29, 0.717) is 18.7 Å². The molecule has 0 radical (unpaired) electrons. The van der Waals surface area contributed by atoms with E-state index in [4.69, 9.17) is 5.11 Å². The van der Waals surface area contributed by atoms with E-state index in [9.17, 15) is 9.59 Å². The van der Waals surface area contributed by atoms with Gasteiger partial charge in [0, 0.05) is 12.1 Å². The molecule has 0 saturated carbocycles. The molecule has 0 aliphatic carbocycles. The van der Waals surface area contributed by atoms with Crippen molar-refractivity contribution in [3.05, 3.63) is 47.3 Å². The third-order valence-electron chi connectivity index (χ3n) is 3.03. The summed E-state index contributed by atoms with van der Waals surface area (Å²) in [5, 5.41) is 18.7. The molecular formula is C14H16N4O3. The molecule has 0 atom stereocenters. The van der Waals surface area contributed by atoms with Crippen LogP contribution in [0.5, 0.6) is 0 Å². The normalized spacial score (nSPS) is 10.3. The van der Waals surface area contributed by atoms with Gasteiger partial charge in [-0.05, 0) is 18.1 Å². The predicted molar refractivity (Wildman–Crippen MR) is 75.1 cm³/mol. The fourth-order valence-corrected chi connectivity index (χ4v) is 1.94. The molecule has 1 aromatic heterocycles. The molecule has 0 unspecified atom stereocenters. The van der Waals surface area contributed by atoms with Gasteiger partial charge in [0.2, 0.25) is 0 Å². The Hall–Kier alpha value is -2.70. The van der Waals surface area contributed by atoms with Crippen molar-refractivity contribution in [3.63, 3.8) is 0 Å². The summed E-state index contributed by atoms with van der Waals surface area (Å²) in [5.41, 5.74) is 1.53. The highest BCUT2D eigenvalue weighted by atomic mass is 16.4. The van der Waals surface area contributed by atoms with Gasteiger partial charge in [0.25, 0.3) is 5.91 Å². The fourth-order valence-electron chi connectivity index (χ4n) is 1.94. The summed E-state index contributed by atoms with van der Waals surface area (Å²) in [4.78, 5) is 22.7. The van der Waals surface area contributed by atoms with Crippen LogP contribution in [0, 0.1) is 0 Å². The van der Waals surface area contributed by atoms with Crippen LogP contribution in [0.4, 0.5) is 0 Å². The number of aromatic carboxylic acids is 1. The average Bonchev–Trinajstić information content (AvgIpc) is 2.96. The van der Waals surface area contributed by atoms with Gasteiger partial charge in [-0.15, -0.1) is 5.10 Å². The molecular weight excluding hydrogens is 272 g/mol. The van der Waals surface area contributed by atoms with Crippen molar-refractivity contribution in [1.29, 1.82) is 0 Å².